The van der Waals surface area contributed by atoms with Crippen molar-refractivity contribution in [2.24, 2.45) is 0 Å². The molecule has 0 saturated carbocycles. The van der Waals surface area contributed by atoms with E-state index in [4.69, 9.17) is 5.11 Å². The van der Waals surface area contributed by atoms with E-state index in [0.717, 1.165) is 15.4 Å². The summed E-state index contributed by atoms with van der Waals surface area (Å²) in [4.78, 5) is 5.21. The normalized spacial score (nSPS) is 10.6. The van der Waals surface area contributed by atoms with Gasteiger partial charge in [0.25, 0.3) is 0 Å². The monoisotopic (exact) mass is 219 g/mol. The van der Waals surface area contributed by atoms with E-state index < -0.39 is 0 Å². The molecule has 1 N–H and O–H groups in total. The van der Waals surface area contributed by atoms with Crippen LogP contribution in [0.15, 0.2) is 24.4 Å². The predicted octanol–water partition coefficient (Wildman–Crippen LogP) is 2.92. The zero-order valence-corrected chi connectivity index (χ0v) is 9.64. The van der Waals surface area contributed by atoms with Crippen LogP contribution in [0.4, 0.5) is 0 Å². The van der Waals surface area contributed by atoms with Gasteiger partial charge in [0.15, 0.2) is 0 Å². The molecule has 0 spiro atoms. The Morgan fingerprint density at radius 3 is 2.73 bits per heavy atom. The van der Waals surface area contributed by atoms with Gasteiger partial charge < -0.3 is 5.11 Å². The number of thiazole rings is 1. The topological polar surface area (TPSA) is 33.1 Å². The molecule has 2 aromatic rings. The summed E-state index contributed by atoms with van der Waals surface area (Å²) in [5.74, 6) is 0. The number of aromatic nitrogens is 1. The van der Waals surface area contributed by atoms with Crippen molar-refractivity contribution in [3.63, 3.8) is 0 Å². The van der Waals surface area contributed by atoms with Crippen LogP contribution in [0.1, 0.15) is 16.0 Å². The molecule has 0 bridgehead atoms. The molecule has 0 radical (unpaired) electrons. The molecule has 0 amide bonds. The summed E-state index contributed by atoms with van der Waals surface area (Å²) >= 11 is 1.54. The van der Waals surface area contributed by atoms with Gasteiger partial charge in [-0.1, -0.05) is 23.8 Å². The fourth-order valence-corrected chi connectivity index (χ4v) is 2.42. The van der Waals surface area contributed by atoms with Crippen LogP contribution in [-0.2, 0) is 6.61 Å². The summed E-state index contributed by atoms with van der Waals surface area (Å²) in [5, 5.41) is 9.96. The second-order valence-corrected chi connectivity index (χ2v) is 4.72. The summed E-state index contributed by atoms with van der Waals surface area (Å²) in [6.07, 6.45) is 1.74. The van der Waals surface area contributed by atoms with Gasteiger partial charge in [0.2, 0.25) is 0 Å². The average Bonchev–Trinajstić information content (AvgIpc) is 2.66. The van der Waals surface area contributed by atoms with E-state index >= 15 is 0 Å². The van der Waals surface area contributed by atoms with Crippen molar-refractivity contribution in [3.8, 4) is 10.6 Å². The van der Waals surface area contributed by atoms with E-state index in [-0.39, 0.29) is 6.61 Å². The quantitative estimate of drug-likeness (QED) is 0.842. The molecule has 1 aromatic carbocycles. The SMILES string of the molecule is Cc1ccc(-c2ncc(CO)s2)c(C)c1. The van der Waals surface area contributed by atoms with Crippen molar-refractivity contribution in [2.75, 3.05) is 0 Å². The Bertz CT molecular complexity index is 476. The predicted molar refractivity (Wildman–Crippen MR) is 62.9 cm³/mol. The third kappa shape index (κ3) is 2.08. The minimum Gasteiger partial charge on any atom is -0.391 e. The molecule has 2 rings (SSSR count). The lowest BCUT2D eigenvalue weighted by molar-refractivity contribution is 0.285. The number of aliphatic hydroxyl groups is 1. The minimum atomic E-state index is 0.0720. The summed E-state index contributed by atoms with van der Waals surface area (Å²) < 4.78 is 0. The van der Waals surface area contributed by atoms with Crippen molar-refractivity contribution < 1.29 is 5.11 Å². The van der Waals surface area contributed by atoms with E-state index in [0.29, 0.717) is 0 Å². The van der Waals surface area contributed by atoms with Crippen LogP contribution in [0.25, 0.3) is 10.6 Å². The first-order valence-electron chi connectivity index (χ1n) is 4.84. The molecule has 78 valence electrons. The highest BCUT2D eigenvalue weighted by Crippen LogP contribution is 2.28. The summed E-state index contributed by atoms with van der Waals surface area (Å²) in [6, 6.07) is 6.32. The zero-order chi connectivity index (χ0) is 10.8. The Morgan fingerprint density at radius 2 is 2.13 bits per heavy atom. The van der Waals surface area contributed by atoms with Crippen LogP contribution >= 0.6 is 11.3 Å². The zero-order valence-electron chi connectivity index (χ0n) is 8.82. The van der Waals surface area contributed by atoms with Gasteiger partial charge in [-0.3, -0.25) is 0 Å². The summed E-state index contributed by atoms with van der Waals surface area (Å²) in [6.45, 7) is 4.24. The summed E-state index contributed by atoms with van der Waals surface area (Å²) in [7, 11) is 0. The molecule has 15 heavy (non-hydrogen) atoms. The molecule has 1 aromatic heterocycles. The van der Waals surface area contributed by atoms with Crippen molar-refractivity contribution in [1.29, 1.82) is 0 Å². The smallest absolute Gasteiger partial charge is 0.123 e. The van der Waals surface area contributed by atoms with Gasteiger partial charge in [-0.25, -0.2) is 4.98 Å². The Balaban J connectivity index is 2.44. The van der Waals surface area contributed by atoms with Gasteiger partial charge in [0, 0.05) is 11.8 Å². The largest absolute Gasteiger partial charge is 0.391 e. The van der Waals surface area contributed by atoms with Gasteiger partial charge in [-0.2, -0.15) is 0 Å². The number of hydrogen-bond donors (Lipinski definition) is 1. The highest BCUT2D eigenvalue weighted by atomic mass is 32.1. The Hall–Kier alpha value is -1.19. The van der Waals surface area contributed by atoms with E-state index in [2.05, 4.69) is 37.0 Å². The number of aliphatic hydroxyl groups excluding tert-OH is 1. The summed E-state index contributed by atoms with van der Waals surface area (Å²) in [5.41, 5.74) is 3.65. The third-order valence-corrected chi connectivity index (χ3v) is 3.34. The van der Waals surface area contributed by atoms with E-state index in [1.165, 1.54) is 11.1 Å². The number of benzene rings is 1. The Labute approximate surface area is 93.2 Å². The van der Waals surface area contributed by atoms with Crippen LogP contribution in [0, 0.1) is 13.8 Å². The van der Waals surface area contributed by atoms with Crippen LogP contribution in [0.2, 0.25) is 0 Å². The highest BCUT2D eigenvalue weighted by Gasteiger charge is 2.06. The van der Waals surface area contributed by atoms with E-state index in [1.54, 1.807) is 17.5 Å². The van der Waals surface area contributed by atoms with Gasteiger partial charge in [0.1, 0.15) is 5.01 Å². The molecular weight excluding hydrogens is 206 g/mol. The first-order chi connectivity index (χ1) is 7.20. The van der Waals surface area contributed by atoms with Crippen LogP contribution in [0.5, 0.6) is 0 Å². The average molecular weight is 219 g/mol. The lowest BCUT2D eigenvalue weighted by Gasteiger charge is -2.02. The van der Waals surface area contributed by atoms with Gasteiger partial charge in [0.05, 0.1) is 11.5 Å². The van der Waals surface area contributed by atoms with E-state index in [1.807, 2.05) is 0 Å². The molecule has 1 heterocycles. The van der Waals surface area contributed by atoms with Crippen molar-refractivity contribution in [2.45, 2.75) is 20.5 Å². The van der Waals surface area contributed by atoms with E-state index in [9.17, 15) is 0 Å². The molecule has 0 aliphatic rings. The molecule has 2 nitrogen and oxygen atoms in total. The first kappa shape index (κ1) is 10.3. The van der Waals surface area contributed by atoms with Crippen LogP contribution in [0.3, 0.4) is 0 Å². The molecule has 0 aliphatic heterocycles. The maximum Gasteiger partial charge on any atom is 0.123 e. The Kier molecular flexibility index (Phi) is 2.84. The first-order valence-corrected chi connectivity index (χ1v) is 5.65. The van der Waals surface area contributed by atoms with Gasteiger partial charge in [-0.05, 0) is 19.4 Å². The minimum absolute atomic E-state index is 0.0720. The number of rotatable bonds is 2. The highest BCUT2D eigenvalue weighted by molar-refractivity contribution is 7.15. The van der Waals surface area contributed by atoms with Gasteiger partial charge in [-0.15, -0.1) is 11.3 Å². The maximum absolute atomic E-state index is 8.98. The van der Waals surface area contributed by atoms with Crippen molar-refractivity contribution in [1.82, 2.24) is 4.98 Å². The molecule has 0 aliphatic carbocycles. The molecular formula is C12H13NOS. The molecule has 0 unspecified atom stereocenters. The second kappa shape index (κ2) is 4.13. The van der Waals surface area contributed by atoms with Crippen LogP contribution < -0.4 is 0 Å². The number of hydrogen-bond acceptors (Lipinski definition) is 3. The standard InChI is InChI=1S/C12H13NOS/c1-8-3-4-11(9(2)5-8)12-13-6-10(7-14)15-12/h3-6,14H,7H2,1-2H3. The van der Waals surface area contributed by atoms with Crippen molar-refractivity contribution in [3.05, 3.63) is 40.4 Å². The lowest BCUT2D eigenvalue weighted by atomic mass is 10.1. The maximum atomic E-state index is 8.98. The Morgan fingerprint density at radius 1 is 1.33 bits per heavy atom. The second-order valence-electron chi connectivity index (χ2n) is 3.61. The molecule has 3 heteroatoms. The molecule has 0 saturated heterocycles. The van der Waals surface area contributed by atoms with Crippen molar-refractivity contribution >= 4 is 11.3 Å². The fourth-order valence-electron chi connectivity index (χ4n) is 1.56. The van der Waals surface area contributed by atoms with Crippen LogP contribution in [-0.4, -0.2) is 10.1 Å². The van der Waals surface area contributed by atoms with Gasteiger partial charge >= 0.3 is 0 Å². The molecule has 0 fully saturated rings. The number of aryl methyl sites for hydroxylation is 2. The molecule has 0 atom stereocenters. The fraction of sp³-hybridized carbons (Fsp3) is 0.250. The lowest BCUT2D eigenvalue weighted by Crippen LogP contribution is -1.82. The third-order valence-electron chi connectivity index (χ3n) is 2.32. The number of nitrogens with zero attached hydrogens (tertiary/aromatic N) is 1.